The molecule has 2 N–H and O–H groups in total. The van der Waals surface area contributed by atoms with Crippen molar-refractivity contribution in [1.82, 2.24) is 10.0 Å². The first kappa shape index (κ1) is 20.2. The smallest absolute Gasteiger partial charge is 0.251 e. The molecule has 1 aliphatic rings. The SMILES string of the molecule is CC(C)(C)NS(=O)(=O)c1ccccc1CNC(=O)c1ccc2c(c1)OCCO2. The van der Waals surface area contributed by atoms with Gasteiger partial charge in [0.05, 0.1) is 4.90 Å². The molecule has 0 aliphatic carbocycles. The zero-order chi connectivity index (χ0) is 20.4. The molecule has 1 amide bonds. The molecule has 0 atom stereocenters. The molecular weight excluding hydrogens is 380 g/mol. The minimum absolute atomic E-state index is 0.0779. The van der Waals surface area contributed by atoms with Crippen molar-refractivity contribution in [2.75, 3.05) is 13.2 Å². The summed E-state index contributed by atoms with van der Waals surface area (Å²) < 4.78 is 39.0. The van der Waals surface area contributed by atoms with Crippen molar-refractivity contribution in [2.45, 2.75) is 37.8 Å². The van der Waals surface area contributed by atoms with Gasteiger partial charge in [0.15, 0.2) is 11.5 Å². The highest BCUT2D eigenvalue weighted by Gasteiger charge is 2.24. The van der Waals surface area contributed by atoms with Crippen molar-refractivity contribution in [3.8, 4) is 11.5 Å². The lowest BCUT2D eigenvalue weighted by Gasteiger charge is -2.21. The second-order valence-corrected chi connectivity index (χ2v) is 9.16. The fourth-order valence-corrected chi connectivity index (χ4v) is 4.49. The van der Waals surface area contributed by atoms with Crippen LogP contribution < -0.4 is 19.5 Å². The van der Waals surface area contributed by atoms with Crippen LogP contribution in [0, 0.1) is 0 Å². The molecule has 0 aromatic heterocycles. The van der Waals surface area contributed by atoms with Gasteiger partial charge in [-0.3, -0.25) is 4.79 Å². The third kappa shape index (κ3) is 4.82. The van der Waals surface area contributed by atoms with Crippen molar-refractivity contribution >= 4 is 15.9 Å². The Hall–Kier alpha value is -2.58. The Kier molecular flexibility index (Phi) is 5.62. The molecule has 2 aromatic rings. The van der Waals surface area contributed by atoms with Gasteiger partial charge in [-0.05, 0) is 50.6 Å². The molecule has 28 heavy (non-hydrogen) atoms. The highest BCUT2D eigenvalue weighted by molar-refractivity contribution is 7.89. The van der Waals surface area contributed by atoms with E-state index in [0.717, 1.165) is 0 Å². The predicted molar refractivity (Wildman–Crippen MR) is 105 cm³/mol. The standard InChI is InChI=1S/C20H24N2O5S/c1-20(2,3)22-28(24,25)18-7-5-4-6-15(18)13-21-19(23)14-8-9-16-17(12-14)27-11-10-26-16/h4-9,12,22H,10-11,13H2,1-3H3,(H,21,23). The molecule has 0 bridgehead atoms. The maximum Gasteiger partial charge on any atom is 0.251 e. The minimum atomic E-state index is -3.71. The van der Waals surface area contributed by atoms with Gasteiger partial charge in [-0.25, -0.2) is 13.1 Å². The van der Waals surface area contributed by atoms with Gasteiger partial charge in [0.1, 0.15) is 13.2 Å². The minimum Gasteiger partial charge on any atom is -0.486 e. The van der Waals surface area contributed by atoms with Gasteiger partial charge in [0, 0.05) is 17.6 Å². The maximum atomic E-state index is 12.7. The monoisotopic (exact) mass is 404 g/mol. The number of rotatable bonds is 5. The Balaban J connectivity index is 1.76. The van der Waals surface area contributed by atoms with E-state index in [9.17, 15) is 13.2 Å². The Labute approximate surface area is 165 Å². The molecule has 1 heterocycles. The predicted octanol–water partition coefficient (Wildman–Crippen LogP) is 2.46. The third-order valence-electron chi connectivity index (χ3n) is 3.95. The van der Waals surface area contributed by atoms with Gasteiger partial charge in [-0.2, -0.15) is 0 Å². The Morgan fingerprint density at radius 2 is 1.71 bits per heavy atom. The highest BCUT2D eigenvalue weighted by Crippen LogP contribution is 2.30. The highest BCUT2D eigenvalue weighted by atomic mass is 32.2. The number of nitrogens with one attached hydrogen (secondary N) is 2. The van der Waals surface area contributed by atoms with Gasteiger partial charge >= 0.3 is 0 Å². The molecular formula is C20H24N2O5S. The summed E-state index contributed by atoms with van der Waals surface area (Å²) >= 11 is 0. The number of benzene rings is 2. The summed E-state index contributed by atoms with van der Waals surface area (Å²) in [5.74, 6) is 0.803. The number of sulfonamides is 1. The van der Waals surface area contributed by atoms with Crippen molar-refractivity contribution < 1.29 is 22.7 Å². The Morgan fingerprint density at radius 3 is 2.43 bits per heavy atom. The lowest BCUT2D eigenvalue weighted by molar-refractivity contribution is 0.0949. The second kappa shape index (κ2) is 7.81. The van der Waals surface area contributed by atoms with Crippen LogP contribution in [0.3, 0.4) is 0 Å². The average Bonchev–Trinajstić information content (AvgIpc) is 2.64. The summed E-state index contributed by atoms with van der Waals surface area (Å²) in [5.41, 5.74) is 0.308. The molecule has 3 rings (SSSR count). The average molecular weight is 404 g/mol. The molecule has 0 spiro atoms. The summed E-state index contributed by atoms with van der Waals surface area (Å²) in [6.45, 7) is 6.31. The van der Waals surface area contributed by atoms with Crippen LogP contribution in [0.2, 0.25) is 0 Å². The van der Waals surface area contributed by atoms with Crippen LogP contribution in [-0.4, -0.2) is 33.1 Å². The Morgan fingerprint density at radius 1 is 1.04 bits per heavy atom. The van der Waals surface area contributed by atoms with Gasteiger partial charge < -0.3 is 14.8 Å². The van der Waals surface area contributed by atoms with E-state index in [4.69, 9.17) is 9.47 Å². The number of fused-ring (bicyclic) bond motifs is 1. The number of ether oxygens (including phenoxy) is 2. The fourth-order valence-electron chi connectivity index (χ4n) is 2.83. The van der Waals surface area contributed by atoms with Crippen molar-refractivity contribution in [3.05, 3.63) is 53.6 Å². The van der Waals surface area contributed by atoms with Crippen molar-refractivity contribution in [2.24, 2.45) is 0 Å². The van der Waals surface area contributed by atoms with Crippen LogP contribution in [0.5, 0.6) is 11.5 Å². The van der Waals surface area contributed by atoms with Gasteiger partial charge in [-0.1, -0.05) is 18.2 Å². The summed E-state index contributed by atoms with van der Waals surface area (Å²) in [4.78, 5) is 12.7. The first-order valence-corrected chi connectivity index (χ1v) is 10.4. The lowest BCUT2D eigenvalue weighted by Crippen LogP contribution is -2.41. The second-order valence-electron chi connectivity index (χ2n) is 7.50. The zero-order valence-electron chi connectivity index (χ0n) is 16.1. The topological polar surface area (TPSA) is 93.7 Å². The molecule has 0 saturated carbocycles. The molecule has 0 radical (unpaired) electrons. The first-order valence-electron chi connectivity index (χ1n) is 8.95. The normalized spacial score (nSPS) is 13.8. The molecule has 7 nitrogen and oxygen atoms in total. The quantitative estimate of drug-likeness (QED) is 0.798. The van der Waals surface area contributed by atoms with Gasteiger partial charge in [-0.15, -0.1) is 0 Å². The number of amides is 1. The van der Waals surface area contributed by atoms with E-state index in [2.05, 4.69) is 10.0 Å². The summed E-state index contributed by atoms with van der Waals surface area (Å²) in [7, 11) is -3.71. The Bertz CT molecular complexity index is 980. The molecule has 0 saturated heterocycles. The lowest BCUT2D eigenvalue weighted by atomic mass is 10.1. The fraction of sp³-hybridized carbons (Fsp3) is 0.350. The number of carbonyl (C=O) groups is 1. The van der Waals surface area contributed by atoms with E-state index >= 15 is 0 Å². The number of carbonyl (C=O) groups excluding carboxylic acids is 1. The van der Waals surface area contributed by atoms with E-state index in [1.807, 2.05) is 0 Å². The molecule has 0 fully saturated rings. The molecule has 8 heteroatoms. The summed E-state index contributed by atoms with van der Waals surface area (Å²) in [6.07, 6.45) is 0. The largest absolute Gasteiger partial charge is 0.486 e. The summed E-state index contributed by atoms with van der Waals surface area (Å²) in [5, 5.41) is 2.77. The van der Waals surface area contributed by atoms with Crippen molar-refractivity contribution in [3.63, 3.8) is 0 Å². The molecule has 0 unspecified atom stereocenters. The van der Waals surface area contributed by atoms with Crippen LogP contribution in [0.25, 0.3) is 0 Å². The zero-order valence-corrected chi connectivity index (χ0v) is 16.9. The van der Waals surface area contributed by atoms with Crippen LogP contribution in [0.4, 0.5) is 0 Å². The van der Waals surface area contributed by atoms with E-state index in [0.29, 0.717) is 35.8 Å². The van der Waals surface area contributed by atoms with Crippen LogP contribution in [-0.2, 0) is 16.6 Å². The number of hydrogen-bond donors (Lipinski definition) is 2. The molecule has 1 aliphatic heterocycles. The van der Waals surface area contributed by atoms with E-state index < -0.39 is 15.6 Å². The van der Waals surface area contributed by atoms with Crippen LogP contribution in [0.15, 0.2) is 47.4 Å². The molecule has 2 aromatic carbocycles. The van der Waals surface area contributed by atoms with E-state index in [-0.39, 0.29) is 17.3 Å². The first-order chi connectivity index (χ1) is 13.2. The maximum absolute atomic E-state index is 12.7. The molecule has 150 valence electrons. The third-order valence-corrected chi connectivity index (χ3v) is 5.80. The van der Waals surface area contributed by atoms with Crippen LogP contribution >= 0.6 is 0 Å². The van der Waals surface area contributed by atoms with Crippen LogP contribution in [0.1, 0.15) is 36.7 Å². The van der Waals surface area contributed by atoms with E-state index in [1.54, 1.807) is 57.2 Å². The van der Waals surface area contributed by atoms with Gasteiger partial charge in [0.25, 0.3) is 5.91 Å². The van der Waals surface area contributed by atoms with E-state index in [1.165, 1.54) is 6.07 Å². The number of hydrogen-bond acceptors (Lipinski definition) is 5. The summed E-state index contributed by atoms with van der Waals surface area (Å²) in [6, 6.07) is 11.6. The van der Waals surface area contributed by atoms with Crippen molar-refractivity contribution in [1.29, 1.82) is 0 Å². The van der Waals surface area contributed by atoms with Gasteiger partial charge in [0.2, 0.25) is 10.0 Å².